The van der Waals surface area contributed by atoms with Crippen LogP contribution < -0.4 is 5.32 Å². The van der Waals surface area contributed by atoms with Gasteiger partial charge in [-0.3, -0.25) is 9.59 Å². The van der Waals surface area contributed by atoms with Crippen molar-refractivity contribution in [3.63, 3.8) is 0 Å². The van der Waals surface area contributed by atoms with Crippen molar-refractivity contribution in [1.29, 1.82) is 0 Å². The number of carboxylic acid groups (broad SMARTS) is 1. The van der Waals surface area contributed by atoms with Crippen LogP contribution in [0.15, 0.2) is 24.3 Å². The number of carbonyl (C=O) groups excluding carboxylic acids is 1. The Morgan fingerprint density at radius 3 is 2.32 bits per heavy atom. The molecule has 5 heteroatoms. The number of aromatic hydroxyl groups is 1. The van der Waals surface area contributed by atoms with Gasteiger partial charge in [0.25, 0.3) is 0 Å². The van der Waals surface area contributed by atoms with E-state index in [1.54, 1.807) is 26.0 Å². The largest absolute Gasteiger partial charge is 0.508 e. The molecule has 1 rings (SSSR count). The molecule has 0 saturated carbocycles. The molecule has 0 atom stereocenters. The number of hydrogen-bond acceptors (Lipinski definition) is 3. The number of phenolic OH excluding ortho intramolecular Hbond substituents is 1. The Hall–Kier alpha value is -2.04. The number of carboxylic acids is 1. The average molecular weight is 265 g/mol. The van der Waals surface area contributed by atoms with E-state index in [9.17, 15) is 9.59 Å². The highest BCUT2D eigenvalue weighted by molar-refractivity contribution is 5.79. The van der Waals surface area contributed by atoms with Crippen molar-refractivity contribution >= 4 is 11.9 Å². The van der Waals surface area contributed by atoms with Crippen LogP contribution in [0.3, 0.4) is 0 Å². The number of amides is 1. The standard InChI is InChI=1S/C14H19NO4/c1-14(2,8-7-13(18)19)15-12(17)9-10-3-5-11(16)6-4-10/h3-6,16H,7-9H2,1-2H3,(H,15,17)(H,18,19). The maximum atomic E-state index is 11.8. The van der Waals surface area contributed by atoms with Crippen molar-refractivity contribution in [3.8, 4) is 5.75 Å². The van der Waals surface area contributed by atoms with E-state index in [-0.39, 0.29) is 24.5 Å². The van der Waals surface area contributed by atoms with Gasteiger partial charge in [0, 0.05) is 12.0 Å². The van der Waals surface area contributed by atoms with E-state index in [2.05, 4.69) is 5.32 Å². The average Bonchev–Trinajstić information content (AvgIpc) is 2.29. The van der Waals surface area contributed by atoms with Crippen LogP contribution in [0.5, 0.6) is 5.75 Å². The molecule has 0 aliphatic rings. The lowest BCUT2D eigenvalue weighted by molar-refractivity contribution is -0.137. The fourth-order valence-electron chi connectivity index (χ4n) is 1.70. The molecule has 1 aromatic rings. The Kier molecular flexibility index (Phi) is 4.92. The molecular formula is C14H19NO4. The van der Waals surface area contributed by atoms with Crippen LogP contribution in [0.25, 0.3) is 0 Å². The van der Waals surface area contributed by atoms with Gasteiger partial charge >= 0.3 is 5.97 Å². The Balaban J connectivity index is 2.50. The van der Waals surface area contributed by atoms with Gasteiger partial charge in [-0.2, -0.15) is 0 Å². The first-order valence-electron chi connectivity index (χ1n) is 6.09. The smallest absolute Gasteiger partial charge is 0.303 e. The second-order valence-electron chi connectivity index (χ2n) is 5.17. The van der Waals surface area contributed by atoms with Crippen LogP contribution in [0, 0.1) is 0 Å². The zero-order valence-corrected chi connectivity index (χ0v) is 11.1. The van der Waals surface area contributed by atoms with E-state index in [1.807, 2.05) is 0 Å². The first-order valence-corrected chi connectivity index (χ1v) is 6.09. The molecule has 3 N–H and O–H groups in total. The highest BCUT2D eigenvalue weighted by Crippen LogP contribution is 2.13. The highest BCUT2D eigenvalue weighted by atomic mass is 16.4. The normalized spacial score (nSPS) is 11.1. The maximum absolute atomic E-state index is 11.8. The van der Waals surface area contributed by atoms with Gasteiger partial charge in [-0.05, 0) is 38.0 Å². The van der Waals surface area contributed by atoms with Crippen LogP contribution >= 0.6 is 0 Å². The molecule has 0 heterocycles. The van der Waals surface area contributed by atoms with Gasteiger partial charge in [-0.1, -0.05) is 12.1 Å². The summed E-state index contributed by atoms with van der Waals surface area (Å²) in [7, 11) is 0. The topological polar surface area (TPSA) is 86.6 Å². The molecule has 1 aromatic carbocycles. The summed E-state index contributed by atoms with van der Waals surface area (Å²) >= 11 is 0. The summed E-state index contributed by atoms with van der Waals surface area (Å²) in [6, 6.07) is 6.41. The quantitative estimate of drug-likeness (QED) is 0.730. The fourth-order valence-corrected chi connectivity index (χ4v) is 1.70. The van der Waals surface area contributed by atoms with E-state index in [0.717, 1.165) is 5.56 Å². The molecule has 104 valence electrons. The van der Waals surface area contributed by atoms with Crippen molar-refractivity contribution in [1.82, 2.24) is 5.32 Å². The lowest BCUT2D eigenvalue weighted by Crippen LogP contribution is -2.44. The monoisotopic (exact) mass is 265 g/mol. The van der Waals surface area contributed by atoms with Crippen LogP contribution in [-0.4, -0.2) is 27.6 Å². The van der Waals surface area contributed by atoms with Crippen LogP contribution in [0.4, 0.5) is 0 Å². The number of phenols is 1. The number of rotatable bonds is 6. The third-order valence-corrected chi connectivity index (χ3v) is 2.74. The molecule has 0 fully saturated rings. The van der Waals surface area contributed by atoms with Crippen LogP contribution in [0.2, 0.25) is 0 Å². The van der Waals surface area contributed by atoms with Gasteiger partial charge in [0.1, 0.15) is 5.75 Å². The van der Waals surface area contributed by atoms with E-state index in [0.29, 0.717) is 6.42 Å². The second-order valence-corrected chi connectivity index (χ2v) is 5.17. The van der Waals surface area contributed by atoms with Crippen molar-refractivity contribution in [2.24, 2.45) is 0 Å². The van der Waals surface area contributed by atoms with Gasteiger partial charge in [0.05, 0.1) is 6.42 Å². The van der Waals surface area contributed by atoms with Crippen molar-refractivity contribution in [2.75, 3.05) is 0 Å². The molecule has 0 saturated heterocycles. The summed E-state index contributed by atoms with van der Waals surface area (Å²) < 4.78 is 0. The first-order chi connectivity index (χ1) is 8.78. The Morgan fingerprint density at radius 2 is 1.79 bits per heavy atom. The highest BCUT2D eigenvalue weighted by Gasteiger charge is 2.21. The first kappa shape index (κ1) is 15.0. The predicted octanol–water partition coefficient (Wildman–Crippen LogP) is 1.69. The third-order valence-electron chi connectivity index (χ3n) is 2.74. The zero-order valence-electron chi connectivity index (χ0n) is 11.1. The summed E-state index contributed by atoms with van der Waals surface area (Å²) in [5.41, 5.74) is 0.246. The van der Waals surface area contributed by atoms with Crippen LogP contribution in [-0.2, 0) is 16.0 Å². The summed E-state index contributed by atoms with van der Waals surface area (Å²) in [5.74, 6) is -0.882. The minimum absolute atomic E-state index is 0.0203. The zero-order chi connectivity index (χ0) is 14.5. The Labute approximate surface area is 112 Å². The molecule has 5 nitrogen and oxygen atoms in total. The van der Waals surface area contributed by atoms with Gasteiger partial charge in [-0.25, -0.2) is 0 Å². The Bertz CT molecular complexity index is 451. The lowest BCUT2D eigenvalue weighted by atomic mass is 9.98. The molecule has 0 spiro atoms. The lowest BCUT2D eigenvalue weighted by Gasteiger charge is -2.25. The van der Waals surface area contributed by atoms with E-state index in [4.69, 9.17) is 10.2 Å². The van der Waals surface area contributed by atoms with Gasteiger partial charge in [-0.15, -0.1) is 0 Å². The van der Waals surface area contributed by atoms with E-state index >= 15 is 0 Å². The van der Waals surface area contributed by atoms with Gasteiger partial charge in [0.15, 0.2) is 0 Å². The number of aliphatic carboxylic acids is 1. The van der Waals surface area contributed by atoms with E-state index < -0.39 is 11.5 Å². The number of benzene rings is 1. The minimum Gasteiger partial charge on any atom is -0.508 e. The van der Waals surface area contributed by atoms with Crippen LogP contribution in [0.1, 0.15) is 32.3 Å². The molecule has 0 aromatic heterocycles. The van der Waals surface area contributed by atoms with Gasteiger partial charge in [0.2, 0.25) is 5.91 Å². The summed E-state index contributed by atoms with van der Waals surface area (Å²) in [6.45, 7) is 3.59. The van der Waals surface area contributed by atoms with Gasteiger partial charge < -0.3 is 15.5 Å². The van der Waals surface area contributed by atoms with Crippen molar-refractivity contribution < 1.29 is 19.8 Å². The number of nitrogens with one attached hydrogen (secondary N) is 1. The number of carbonyl (C=O) groups is 2. The predicted molar refractivity (Wildman–Crippen MR) is 70.9 cm³/mol. The molecule has 0 aliphatic carbocycles. The van der Waals surface area contributed by atoms with Crippen molar-refractivity contribution in [3.05, 3.63) is 29.8 Å². The molecule has 0 aliphatic heterocycles. The van der Waals surface area contributed by atoms with E-state index in [1.165, 1.54) is 12.1 Å². The summed E-state index contributed by atoms with van der Waals surface area (Å²) in [5, 5.41) is 20.6. The molecule has 19 heavy (non-hydrogen) atoms. The third kappa shape index (κ3) is 5.90. The minimum atomic E-state index is -0.874. The molecule has 1 amide bonds. The molecule has 0 unspecified atom stereocenters. The summed E-state index contributed by atoms with van der Waals surface area (Å²) in [6.07, 6.45) is 0.604. The molecule has 0 radical (unpaired) electrons. The number of hydrogen-bond donors (Lipinski definition) is 3. The SMILES string of the molecule is CC(C)(CCC(=O)O)NC(=O)Cc1ccc(O)cc1. The Morgan fingerprint density at radius 1 is 1.21 bits per heavy atom. The second kappa shape index (κ2) is 6.22. The summed E-state index contributed by atoms with van der Waals surface area (Å²) in [4.78, 5) is 22.4. The maximum Gasteiger partial charge on any atom is 0.303 e. The molecular weight excluding hydrogens is 246 g/mol. The molecule has 0 bridgehead atoms. The fraction of sp³-hybridized carbons (Fsp3) is 0.429. The van der Waals surface area contributed by atoms with Crippen molar-refractivity contribution in [2.45, 2.75) is 38.6 Å².